The number of hydrogen-bond donors (Lipinski definition) is 2. The Bertz CT molecular complexity index is 1050. The Hall–Kier alpha value is -4.00. The zero-order valence-corrected chi connectivity index (χ0v) is 18.1. The van der Waals surface area contributed by atoms with Crippen LogP contribution >= 0.6 is 0 Å². The molecule has 2 N–H and O–H groups in total. The molecule has 0 unspecified atom stereocenters. The molecule has 0 bridgehead atoms. The Kier molecular flexibility index (Phi) is 8.09. The van der Waals surface area contributed by atoms with Crippen LogP contribution in [-0.2, 0) is 4.79 Å². The lowest BCUT2D eigenvalue weighted by Gasteiger charge is -2.15. The molecular formula is C25H26N2O5. The SMILES string of the molecule is CCOc1ccc(OCC)c(NC(=O)COc2ccccc2C(=O)Nc2ccccc2)c1. The summed E-state index contributed by atoms with van der Waals surface area (Å²) in [5, 5.41) is 5.60. The van der Waals surface area contributed by atoms with E-state index < -0.39 is 5.91 Å². The summed E-state index contributed by atoms with van der Waals surface area (Å²) in [7, 11) is 0. The van der Waals surface area contributed by atoms with Crippen molar-refractivity contribution in [2.75, 3.05) is 30.5 Å². The second-order valence-corrected chi connectivity index (χ2v) is 6.68. The van der Waals surface area contributed by atoms with Crippen LogP contribution in [0.2, 0.25) is 0 Å². The summed E-state index contributed by atoms with van der Waals surface area (Å²) < 4.78 is 16.7. The molecule has 2 amide bonds. The summed E-state index contributed by atoms with van der Waals surface area (Å²) in [6.45, 7) is 4.43. The van der Waals surface area contributed by atoms with Gasteiger partial charge in [0.15, 0.2) is 6.61 Å². The number of hydrogen-bond acceptors (Lipinski definition) is 5. The number of nitrogens with one attached hydrogen (secondary N) is 2. The van der Waals surface area contributed by atoms with Crippen LogP contribution in [0, 0.1) is 0 Å². The van der Waals surface area contributed by atoms with E-state index >= 15 is 0 Å². The number of carbonyl (C=O) groups is 2. The van der Waals surface area contributed by atoms with Gasteiger partial charge in [-0.25, -0.2) is 0 Å². The first kappa shape index (κ1) is 22.7. The minimum atomic E-state index is -0.391. The van der Waals surface area contributed by atoms with Crippen molar-refractivity contribution in [3.63, 3.8) is 0 Å². The monoisotopic (exact) mass is 434 g/mol. The first-order valence-electron chi connectivity index (χ1n) is 10.4. The molecule has 32 heavy (non-hydrogen) atoms. The number of amides is 2. The maximum atomic E-state index is 12.7. The Morgan fingerprint density at radius 3 is 2.22 bits per heavy atom. The molecule has 0 fully saturated rings. The molecule has 0 saturated heterocycles. The molecule has 3 aromatic rings. The Morgan fingerprint density at radius 2 is 1.47 bits per heavy atom. The maximum absolute atomic E-state index is 12.7. The topological polar surface area (TPSA) is 85.9 Å². The quantitative estimate of drug-likeness (QED) is 0.481. The van der Waals surface area contributed by atoms with E-state index in [4.69, 9.17) is 14.2 Å². The van der Waals surface area contributed by atoms with Gasteiger partial charge in [0.05, 0.1) is 24.5 Å². The fourth-order valence-electron chi connectivity index (χ4n) is 2.97. The molecule has 0 saturated carbocycles. The number of carbonyl (C=O) groups excluding carboxylic acids is 2. The number of ether oxygens (including phenoxy) is 3. The third kappa shape index (κ3) is 6.25. The third-order valence-corrected chi connectivity index (χ3v) is 4.36. The van der Waals surface area contributed by atoms with Crippen LogP contribution in [0.3, 0.4) is 0 Å². The van der Waals surface area contributed by atoms with E-state index in [0.717, 1.165) is 0 Å². The summed E-state index contributed by atoms with van der Waals surface area (Å²) in [6, 6.07) is 21.1. The Labute approximate surface area is 187 Å². The van der Waals surface area contributed by atoms with Gasteiger partial charge in [-0.2, -0.15) is 0 Å². The van der Waals surface area contributed by atoms with Gasteiger partial charge < -0.3 is 24.8 Å². The summed E-state index contributed by atoms with van der Waals surface area (Å²) in [6.07, 6.45) is 0. The normalized spacial score (nSPS) is 10.2. The maximum Gasteiger partial charge on any atom is 0.262 e. The summed E-state index contributed by atoms with van der Waals surface area (Å²) in [4.78, 5) is 25.2. The van der Waals surface area contributed by atoms with Crippen molar-refractivity contribution >= 4 is 23.2 Å². The number of anilines is 2. The van der Waals surface area contributed by atoms with E-state index in [0.29, 0.717) is 47.4 Å². The van der Waals surface area contributed by atoms with E-state index in [1.807, 2.05) is 32.0 Å². The predicted molar refractivity (Wildman–Crippen MR) is 124 cm³/mol. The first-order chi connectivity index (χ1) is 15.6. The molecule has 0 heterocycles. The van der Waals surface area contributed by atoms with Crippen molar-refractivity contribution in [1.82, 2.24) is 0 Å². The van der Waals surface area contributed by atoms with Crippen molar-refractivity contribution in [3.05, 3.63) is 78.4 Å². The van der Waals surface area contributed by atoms with Crippen molar-refractivity contribution in [2.24, 2.45) is 0 Å². The van der Waals surface area contributed by atoms with Gasteiger partial charge in [-0.05, 0) is 50.2 Å². The predicted octanol–water partition coefficient (Wildman–Crippen LogP) is 4.75. The van der Waals surface area contributed by atoms with Crippen LogP contribution in [0.15, 0.2) is 72.8 Å². The van der Waals surface area contributed by atoms with Gasteiger partial charge >= 0.3 is 0 Å². The van der Waals surface area contributed by atoms with Gasteiger partial charge in [0.2, 0.25) is 0 Å². The lowest BCUT2D eigenvalue weighted by Crippen LogP contribution is -2.22. The second-order valence-electron chi connectivity index (χ2n) is 6.68. The van der Waals surface area contributed by atoms with Crippen LogP contribution in [0.5, 0.6) is 17.2 Å². The lowest BCUT2D eigenvalue weighted by molar-refractivity contribution is -0.118. The minimum absolute atomic E-state index is 0.278. The standard InChI is InChI=1S/C25H26N2O5/c1-3-30-19-14-15-23(31-4-2)21(16-19)27-24(28)17-32-22-13-9-8-12-20(22)25(29)26-18-10-6-5-7-11-18/h5-16H,3-4,17H2,1-2H3,(H,26,29)(H,27,28). The van der Waals surface area contributed by atoms with Crippen LogP contribution in [0.1, 0.15) is 24.2 Å². The van der Waals surface area contributed by atoms with Gasteiger partial charge in [0, 0.05) is 11.8 Å². The first-order valence-corrected chi connectivity index (χ1v) is 10.4. The fourth-order valence-corrected chi connectivity index (χ4v) is 2.97. The fraction of sp³-hybridized carbons (Fsp3) is 0.200. The molecule has 0 aliphatic rings. The van der Waals surface area contributed by atoms with Gasteiger partial charge in [-0.3, -0.25) is 9.59 Å². The molecule has 0 aliphatic heterocycles. The molecule has 7 nitrogen and oxygen atoms in total. The van der Waals surface area contributed by atoms with Gasteiger partial charge in [0.25, 0.3) is 11.8 Å². The average Bonchev–Trinajstić information content (AvgIpc) is 2.80. The molecule has 0 aliphatic carbocycles. The molecule has 7 heteroatoms. The molecule has 3 aromatic carbocycles. The molecule has 0 atom stereocenters. The van der Waals surface area contributed by atoms with E-state index in [-0.39, 0.29) is 12.5 Å². The van der Waals surface area contributed by atoms with Crippen molar-refractivity contribution in [2.45, 2.75) is 13.8 Å². The molecule has 0 spiro atoms. The van der Waals surface area contributed by atoms with Crippen molar-refractivity contribution in [3.8, 4) is 17.2 Å². The molecular weight excluding hydrogens is 408 g/mol. The summed E-state index contributed by atoms with van der Waals surface area (Å²) in [5.41, 5.74) is 1.49. The highest BCUT2D eigenvalue weighted by Gasteiger charge is 2.15. The zero-order valence-electron chi connectivity index (χ0n) is 18.1. The Balaban J connectivity index is 1.67. The van der Waals surface area contributed by atoms with Crippen LogP contribution < -0.4 is 24.8 Å². The highest BCUT2D eigenvalue weighted by atomic mass is 16.5. The van der Waals surface area contributed by atoms with Crippen LogP contribution in [0.4, 0.5) is 11.4 Å². The zero-order chi connectivity index (χ0) is 22.8. The lowest BCUT2D eigenvalue weighted by atomic mass is 10.2. The van der Waals surface area contributed by atoms with E-state index in [2.05, 4.69) is 10.6 Å². The van der Waals surface area contributed by atoms with Gasteiger partial charge in [-0.1, -0.05) is 30.3 Å². The number of rotatable bonds is 10. The smallest absolute Gasteiger partial charge is 0.262 e. The molecule has 3 rings (SSSR count). The summed E-state index contributed by atoms with van der Waals surface area (Å²) in [5.74, 6) is 0.749. The van der Waals surface area contributed by atoms with Crippen LogP contribution in [0.25, 0.3) is 0 Å². The highest BCUT2D eigenvalue weighted by molar-refractivity contribution is 6.06. The minimum Gasteiger partial charge on any atom is -0.494 e. The van der Waals surface area contributed by atoms with E-state index in [1.165, 1.54) is 0 Å². The van der Waals surface area contributed by atoms with Gasteiger partial charge in [-0.15, -0.1) is 0 Å². The highest BCUT2D eigenvalue weighted by Crippen LogP contribution is 2.29. The van der Waals surface area contributed by atoms with Gasteiger partial charge in [0.1, 0.15) is 17.2 Å². The Morgan fingerprint density at radius 1 is 0.750 bits per heavy atom. The number of para-hydroxylation sites is 2. The van der Waals surface area contributed by atoms with Crippen molar-refractivity contribution in [1.29, 1.82) is 0 Å². The third-order valence-electron chi connectivity index (χ3n) is 4.36. The summed E-state index contributed by atoms with van der Waals surface area (Å²) >= 11 is 0. The number of benzene rings is 3. The molecule has 0 radical (unpaired) electrons. The molecule has 166 valence electrons. The largest absolute Gasteiger partial charge is 0.494 e. The van der Waals surface area contributed by atoms with E-state index in [9.17, 15) is 9.59 Å². The van der Waals surface area contributed by atoms with Crippen LogP contribution in [-0.4, -0.2) is 31.6 Å². The second kappa shape index (κ2) is 11.4. The molecule has 0 aromatic heterocycles. The average molecular weight is 434 g/mol. The van der Waals surface area contributed by atoms with Crippen molar-refractivity contribution < 1.29 is 23.8 Å². The van der Waals surface area contributed by atoms with E-state index in [1.54, 1.807) is 54.6 Å².